The first-order valence-electron chi connectivity index (χ1n) is 18.1. The van der Waals surface area contributed by atoms with E-state index in [9.17, 15) is 14.0 Å². The minimum atomic E-state index is -0.364. The Bertz CT molecular complexity index is 2610. The van der Waals surface area contributed by atoms with Gasteiger partial charge in [0.25, 0.3) is 11.5 Å². The second kappa shape index (κ2) is 15.9. The van der Waals surface area contributed by atoms with Crippen LogP contribution in [-0.4, -0.2) is 85.1 Å². The number of fused-ring (bicyclic) bond motifs is 6. The third-order valence-corrected chi connectivity index (χ3v) is 10.7. The fourth-order valence-electron chi connectivity index (χ4n) is 6.63. The van der Waals surface area contributed by atoms with E-state index >= 15 is 0 Å². The lowest BCUT2D eigenvalue weighted by atomic mass is 9.96. The number of aromatic amines is 2. The highest BCUT2D eigenvalue weighted by Gasteiger charge is 2.23. The van der Waals surface area contributed by atoms with Gasteiger partial charge in [0.15, 0.2) is 5.13 Å². The van der Waals surface area contributed by atoms with Crippen molar-refractivity contribution in [3.8, 4) is 0 Å². The van der Waals surface area contributed by atoms with Crippen LogP contribution < -0.4 is 21.1 Å². The van der Waals surface area contributed by atoms with Crippen LogP contribution in [0.15, 0.2) is 65.7 Å². The molecule has 1 fully saturated rings. The Labute approximate surface area is 331 Å². The number of para-hydroxylation sites is 1. The molecule has 7 aromatic rings. The number of hydrogen-bond acceptors (Lipinski definition) is 11. The van der Waals surface area contributed by atoms with E-state index in [0.29, 0.717) is 49.7 Å². The SMILES string of the molecule is CC(C)(C)c1nc2c3cc[nH]c(=O)c3c3cc(F)ccc3c2[nH]1.Cc1nc(Nc2ncc(C(=O)Nc3c(C)cccc3Cl)s2)cc(N2CCN(CCO)CC2)n1. The van der Waals surface area contributed by atoms with Crippen molar-refractivity contribution in [1.82, 2.24) is 34.8 Å². The van der Waals surface area contributed by atoms with Gasteiger partial charge in [-0.2, -0.15) is 0 Å². The van der Waals surface area contributed by atoms with Gasteiger partial charge in [0.1, 0.15) is 34.0 Å². The van der Waals surface area contributed by atoms with E-state index in [0.717, 1.165) is 65.2 Å². The van der Waals surface area contributed by atoms with Gasteiger partial charge in [-0.1, -0.05) is 55.8 Å². The van der Waals surface area contributed by atoms with Crippen molar-refractivity contribution in [3.63, 3.8) is 0 Å². The summed E-state index contributed by atoms with van der Waals surface area (Å²) in [6, 6.07) is 13.7. The number of benzene rings is 3. The average Bonchev–Trinajstić information content (AvgIpc) is 3.83. The summed E-state index contributed by atoms with van der Waals surface area (Å²) in [7, 11) is 0. The summed E-state index contributed by atoms with van der Waals surface area (Å²) >= 11 is 7.46. The Morgan fingerprint density at radius 1 is 1.02 bits per heavy atom. The van der Waals surface area contributed by atoms with Crippen LogP contribution in [0.5, 0.6) is 0 Å². The van der Waals surface area contributed by atoms with Crippen LogP contribution in [0.2, 0.25) is 5.02 Å². The highest BCUT2D eigenvalue weighted by molar-refractivity contribution is 7.17. The van der Waals surface area contributed by atoms with E-state index in [2.05, 4.69) is 66.1 Å². The van der Waals surface area contributed by atoms with E-state index in [1.165, 1.54) is 29.7 Å². The van der Waals surface area contributed by atoms with E-state index in [4.69, 9.17) is 21.7 Å². The van der Waals surface area contributed by atoms with E-state index in [-0.39, 0.29) is 29.3 Å². The zero-order valence-electron chi connectivity index (χ0n) is 31.6. The molecule has 8 rings (SSSR count). The first-order chi connectivity index (χ1) is 26.8. The fraction of sp³-hybridized carbons (Fsp3) is 0.300. The molecule has 3 aromatic carbocycles. The Balaban J connectivity index is 0.000000182. The second-order valence-electron chi connectivity index (χ2n) is 14.6. The predicted octanol–water partition coefficient (Wildman–Crippen LogP) is 7.31. The van der Waals surface area contributed by atoms with Crippen LogP contribution in [0.1, 0.15) is 47.7 Å². The first kappa shape index (κ1) is 38.8. The minimum absolute atomic E-state index is 0.154. The number of imidazole rings is 1. The molecule has 5 heterocycles. The lowest BCUT2D eigenvalue weighted by Crippen LogP contribution is -2.47. The molecule has 1 aliphatic rings. The number of carbonyl (C=O) groups excluding carboxylic acids is 1. The molecule has 1 saturated heterocycles. The topological polar surface area (TPSA) is 168 Å². The van der Waals surface area contributed by atoms with Crippen molar-refractivity contribution in [2.24, 2.45) is 0 Å². The first-order valence-corrected chi connectivity index (χ1v) is 19.3. The molecule has 0 saturated carbocycles. The highest BCUT2D eigenvalue weighted by Crippen LogP contribution is 2.34. The van der Waals surface area contributed by atoms with Crippen molar-refractivity contribution in [2.45, 2.75) is 40.0 Å². The zero-order valence-corrected chi connectivity index (χ0v) is 33.2. The largest absolute Gasteiger partial charge is 0.395 e. The van der Waals surface area contributed by atoms with Gasteiger partial charge in [0.05, 0.1) is 39.9 Å². The molecule has 290 valence electrons. The predicted molar refractivity (Wildman–Crippen MR) is 222 cm³/mol. The zero-order chi connectivity index (χ0) is 39.7. The number of H-pyrrole nitrogens is 2. The van der Waals surface area contributed by atoms with Crippen LogP contribution >= 0.6 is 22.9 Å². The number of aromatic nitrogens is 6. The molecule has 0 atom stereocenters. The summed E-state index contributed by atoms with van der Waals surface area (Å²) in [5.74, 6) is 2.33. The molecule has 0 spiro atoms. The summed E-state index contributed by atoms with van der Waals surface area (Å²) in [5.41, 5.74) is 2.68. The molecule has 0 radical (unpaired) electrons. The Morgan fingerprint density at radius 3 is 2.54 bits per heavy atom. The molecule has 16 heteroatoms. The summed E-state index contributed by atoms with van der Waals surface area (Å²) in [6.45, 7) is 14.2. The highest BCUT2D eigenvalue weighted by atomic mass is 35.5. The maximum Gasteiger partial charge on any atom is 0.267 e. The molecule has 0 bridgehead atoms. The summed E-state index contributed by atoms with van der Waals surface area (Å²) in [4.78, 5) is 54.1. The Kier molecular flexibility index (Phi) is 11.0. The van der Waals surface area contributed by atoms with Crippen molar-refractivity contribution >= 4 is 83.9 Å². The summed E-state index contributed by atoms with van der Waals surface area (Å²) < 4.78 is 13.8. The Hall–Kier alpha value is -5.48. The van der Waals surface area contributed by atoms with Gasteiger partial charge in [-0.15, -0.1) is 0 Å². The number of rotatable bonds is 7. The molecule has 0 aliphatic carbocycles. The van der Waals surface area contributed by atoms with E-state index in [1.54, 1.807) is 18.3 Å². The van der Waals surface area contributed by atoms with Gasteiger partial charge in [0, 0.05) is 66.6 Å². The number of aliphatic hydroxyl groups excluding tert-OH is 1. The third-order valence-electron chi connectivity index (χ3n) is 9.51. The maximum atomic E-state index is 13.8. The number of amides is 1. The normalized spacial score (nSPS) is 13.6. The number of β-amino-alcohol motifs (C(OH)–C–C–N with tert-alkyl or cyclic N) is 1. The number of aliphatic hydroxyl groups is 1. The summed E-state index contributed by atoms with van der Waals surface area (Å²) in [6.07, 6.45) is 3.13. The minimum Gasteiger partial charge on any atom is -0.395 e. The molecular weight excluding hydrogens is 755 g/mol. The number of anilines is 4. The molecule has 13 nitrogen and oxygen atoms in total. The summed E-state index contributed by atoms with van der Waals surface area (Å²) in [5, 5.41) is 18.8. The van der Waals surface area contributed by atoms with Crippen molar-refractivity contribution in [1.29, 1.82) is 0 Å². The standard InChI is InChI=1S/C22H26ClN7O2S.C18H16FN3O/c1-14-4-3-5-16(23)20(14)28-21(32)17-13-24-22(33-17)27-18-12-19(26-15(2)25-18)30-8-6-29(7-9-30)10-11-31;1-18(2,3)17-21-14-10-5-4-9(19)8-12(10)13-11(15(14)22-17)6-7-20-16(13)23/h3-5,12-13,31H,6-11H2,1-2H3,(H,28,32)(H,24,25,26,27);4-8H,1-3H3,(H,20,23)(H,21,22). The van der Waals surface area contributed by atoms with Crippen LogP contribution in [0.4, 0.5) is 26.8 Å². The smallest absolute Gasteiger partial charge is 0.267 e. The lowest BCUT2D eigenvalue weighted by molar-refractivity contribution is 0.103. The number of nitrogens with zero attached hydrogens (tertiary/aromatic N) is 6. The number of thiazole rings is 1. The molecular formula is C40H42ClFN10O3S. The van der Waals surface area contributed by atoms with Crippen molar-refractivity contribution in [3.05, 3.63) is 104 Å². The fourth-order valence-corrected chi connectivity index (χ4v) is 7.62. The molecule has 1 aliphatic heterocycles. The monoisotopic (exact) mass is 796 g/mol. The molecule has 5 N–H and O–H groups in total. The average molecular weight is 797 g/mol. The number of pyridine rings is 1. The van der Waals surface area contributed by atoms with Gasteiger partial charge in [-0.25, -0.2) is 24.3 Å². The molecule has 4 aromatic heterocycles. The number of carbonyl (C=O) groups is 1. The molecule has 56 heavy (non-hydrogen) atoms. The number of piperazine rings is 1. The van der Waals surface area contributed by atoms with Crippen LogP contribution in [-0.2, 0) is 5.41 Å². The Morgan fingerprint density at radius 2 is 1.80 bits per heavy atom. The van der Waals surface area contributed by atoms with Gasteiger partial charge in [-0.3, -0.25) is 14.5 Å². The van der Waals surface area contributed by atoms with E-state index in [1.807, 2.05) is 38.1 Å². The van der Waals surface area contributed by atoms with Crippen molar-refractivity contribution < 1.29 is 14.3 Å². The number of hydrogen-bond donors (Lipinski definition) is 5. The van der Waals surface area contributed by atoms with E-state index < -0.39 is 0 Å². The molecule has 1 amide bonds. The lowest BCUT2D eigenvalue weighted by Gasteiger charge is -2.35. The van der Waals surface area contributed by atoms with Crippen molar-refractivity contribution in [2.75, 3.05) is 54.9 Å². The maximum absolute atomic E-state index is 13.8. The quantitative estimate of drug-likeness (QED) is 0.103. The van der Waals surface area contributed by atoms with Crippen LogP contribution in [0, 0.1) is 19.7 Å². The second-order valence-corrected chi connectivity index (χ2v) is 16.0. The molecule has 0 unspecified atom stereocenters. The number of halogens is 2. The van der Waals surface area contributed by atoms with Gasteiger partial charge >= 0.3 is 0 Å². The van der Waals surface area contributed by atoms with Crippen LogP contribution in [0.25, 0.3) is 32.6 Å². The van der Waals surface area contributed by atoms with Gasteiger partial charge < -0.3 is 30.6 Å². The van der Waals surface area contributed by atoms with Gasteiger partial charge in [0.2, 0.25) is 0 Å². The third kappa shape index (κ3) is 8.21. The van der Waals surface area contributed by atoms with Crippen LogP contribution in [0.3, 0.4) is 0 Å². The number of nitrogens with one attached hydrogen (secondary N) is 4. The number of aryl methyl sites for hydroxylation is 2. The van der Waals surface area contributed by atoms with Gasteiger partial charge in [-0.05, 0) is 49.7 Å².